The number of likely N-dealkylation sites (tertiary alicyclic amines) is 1. The van der Waals surface area contributed by atoms with Crippen LogP contribution in [0.5, 0.6) is 0 Å². The van der Waals surface area contributed by atoms with Gasteiger partial charge in [0.25, 0.3) is 10.0 Å². The van der Waals surface area contributed by atoms with E-state index in [4.69, 9.17) is 0 Å². The molecule has 3 rings (SSSR count). The molecule has 134 valence electrons. The molecule has 1 N–H and O–H groups in total. The Bertz CT molecular complexity index is 797. The molecule has 25 heavy (non-hydrogen) atoms. The molecule has 0 saturated carbocycles. The van der Waals surface area contributed by atoms with Gasteiger partial charge in [0.2, 0.25) is 5.91 Å². The highest BCUT2D eigenvalue weighted by Gasteiger charge is 2.21. The van der Waals surface area contributed by atoms with E-state index in [1.165, 1.54) is 12.1 Å². The lowest BCUT2D eigenvalue weighted by Crippen LogP contribution is -2.23. The van der Waals surface area contributed by atoms with E-state index >= 15 is 0 Å². The molecule has 1 heterocycles. The summed E-state index contributed by atoms with van der Waals surface area (Å²) in [7, 11) is -1.87. The molecule has 0 bridgehead atoms. The van der Waals surface area contributed by atoms with Crippen LogP contribution in [0.15, 0.2) is 45.7 Å². The lowest BCUT2D eigenvalue weighted by Gasteiger charge is -2.17. The van der Waals surface area contributed by atoms with Gasteiger partial charge in [-0.15, -0.1) is 4.40 Å². The number of rotatable bonds is 4. The summed E-state index contributed by atoms with van der Waals surface area (Å²) in [5.74, 6) is 0.563. The van der Waals surface area contributed by atoms with Crippen molar-refractivity contribution in [3.05, 3.63) is 36.4 Å². The van der Waals surface area contributed by atoms with E-state index in [1.54, 1.807) is 12.1 Å². The summed E-state index contributed by atoms with van der Waals surface area (Å²) in [6, 6.07) is 6.21. The van der Waals surface area contributed by atoms with E-state index in [-0.39, 0.29) is 16.7 Å². The normalized spacial score (nSPS) is 22.4. The smallest absolute Gasteiger partial charge is 0.283 e. The van der Waals surface area contributed by atoms with E-state index in [0.717, 1.165) is 32.2 Å². The predicted molar refractivity (Wildman–Crippen MR) is 98.0 cm³/mol. The second-order valence-corrected chi connectivity index (χ2v) is 8.11. The molecule has 0 radical (unpaired) electrons. The molecule has 0 aromatic heterocycles. The molecule has 0 unspecified atom stereocenters. The number of amidine groups is 1. The molecule has 6 nitrogen and oxygen atoms in total. The van der Waals surface area contributed by atoms with Crippen molar-refractivity contribution >= 4 is 27.5 Å². The molecule has 1 aliphatic heterocycles. The van der Waals surface area contributed by atoms with Gasteiger partial charge in [-0.2, -0.15) is 8.42 Å². The van der Waals surface area contributed by atoms with Crippen molar-refractivity contribution in [2.45, 2.75) is 37.0 Å². The summed E-state index contributed by atoms with van der Waals surface area (Å²) < 4.78 is 28.8. The minimum Gasteiger partial charge on any atom is -0.362 e. The number of amides is 1. The summed E-state index contributed by atoms with van der Waals surface area (Å²) in [5, 5.41) is 2.86. The third-order valence-electron chi connectivity index (χ3n) is 4.62. The summed E-state index contributed by atoms with van der Waals surface area (Å²) in [6.45, 7) is 0.829. The van der Waals surface area contributed by atoms with Crippen LogP contribution in [0.3, 0.4) is 0 Å². The van der Waals surface area contributed by atoms with Crippen LogP contribution in [0, 0.1) is 5.92 Å². The zero-order valence-electron chi connectivity index (χ0n) is 14.3. The van der Waals surface area contributed by atoms with Crippen molar-refractivity contribution in [3.8, 4) is 0 Å². The molecule has 1 saturated heterocycles. The number of nitrogens with zero attached hydrogens (tertiary/aromatic N) is 2. The molecule has 1 amide bonds. The lowest BCUT2D eigenvalue weighted by atomic mass is 9.93. The number of allylic oxidation sites excluding steroid dienone is 2. The molecule has 1 fully saturated rings. The molecule has 1 aliphatic carbocycles. The molecule has 1 aromatic carbocycles. The first-order chi connectivity index (χ1) is 12.0. The molecule has 2 aliphatic rings. The van der Waals surface area contributed by atoms with Gasteiger partial charge < -0.3 is 10.2 Å². The van der Waals surface area contributed by atoms with Gasteiger partial charge in [0.15, 0.2) is 0 Å². The van der Waals surface area contributed by atoms with Crippen molar-refractivity contribution in [1.82, 2.24) is 4.90 Å². The number of anilines is 1. The first kappa shape index (κ1) is 17.7. The number of benzene rings is 1. The molecule has 7 heteroatoms. The fourth-order valence-electron chi connectivity index (χ4n) is 3.09. The van der Waals surface area contributed by atoms with Gasteiger partial charge in [0, 0.05) is 31.6 Å². The van der Waals surface area contributed by atoms with Crippen molar-refractivity contribution in [2.75, 3.05) is 18.9 Å². The summed E-state index contributed by atoms with van der Waals surface area (Å²) >= 11 is 0. The van der Waals surface area contributed by atoms with Gasteiger partial charge in [-0.1, -0.05) is 12.2 Å². The van der Waals surface area contributed by atoms with Crippen LogP contribution in [-0.4, -0.2) is 38.7 Å². The number of carbonyl (C=O) groups is 1. The van der Waals surface area contributed by atoms with E-state index in [1.807, 2.05) is 18.0 Å². The first-order valence-corrected chi connectivity index (χ1v) is 10.0. The maximum absolute atomic E-state index is 12.4. The van der Waals surface area contributed by atoms with E-state index < -0.39 is 10.0 Å². The molecule has 0 spiro atoms. The zero-order valence-corrected chi connectivity index (χ0v) is 15.1. The van der Waals surface area contributed by atoms with Gasteiger partial charge in [-0.3, -0.25) is 4.79 Å². The number of hydrogen-bond acceptors (Lipinski definition) is 3. The van der Waals surface area contributed by atoms with E-state index in [0.29, 0.717) is 17.9 Å². The summed E-state index contributed by atoms with van der Waals surface area (Å²) in [4.78, 5) is 14.2. The standard InChI is InChI=1S/C18H23N3O3S/c1-21-13-5-8-17(21)20-25(23,24)16-11-9-15(10-12-16)19-18(22)14-6-3-2-4-7-14/h2-3,9-12,14H,4-8,13H2,1H3,(H,19,22)/t14-/m1/s1. The monoisotopic (exact) mass is 361 g/mol. The largest absolute Gasteiger partial charge is 0.362 e. The topological polar surface area (TPSA) is 78.8 Å². The van der Waals surface area contributed by atoms with Crippen LogP contribution in [0.2, 0.25) is 0 Å². The maximum Gasteiger partial charge on any atom is 0.283 e. The molecule has 1 atom stereocenters. The van der Waals surface area contributed by atoms with Crippen molar-refractivity contribution in [1.29, 1.82) is 0 Å². The van der Waals surface area contributed by atoms with Crippen LogP contribution in [-0.2, 0) is 14.8 Å². The highest BCUT2D eigenvalue weighted by atomic mass is 32.2. The van der Waals surface area contributed by atoms with Crippen LogP contribution in [0.1, 0.15) is 32.1 Å². The quantitative estimate of drug-likeness (QED) is 0.837. The Kier molecular flexibility index (Phi) is 5.22. The SMILES string of the molecule is CN1CCCC1=NS(=O)(=O)c1ccc(NC(=O)[C@@H]2CC=CCC2)cc1. The lowest BCUT2D eigenvalue weighted by molar-refractivity contribution is -0.120. The Morgan fingerprint density at radius 1 is 1.24 bits per heavy atom. The Balaban J connectivity index is 1.69. The number of hydrogen-bond donors (Lipinski definition) is 1. The highest BCUT2D eigenvalue weighted by Crippen LogP contribution is 2.22. The molecule has 1 aromatic rings. The Hall–Kier alpha value is -2.15. The highest BCUT2D eigenvalue weighted by molar-refractivity contribution is 7.90. The maximum atomic E-state index is 12.4. The minimum absolute atomic E-state index is 0.0160. The van der Waals surface area contributed by atoms with Gasteiger partial charge in [0.05, 0.1) is 4.90 Å². The Morgan fingerprint density at radius 3 is 2.60 bits per heavy atom. The van der Waals surface area contributed by atoms with Crippen molar-refractivity contribution in [3.63, 3.8) is 0 Å². The van der Waals surface area contributed by atoms with Crippen molar-refractivity contribution < 1.29 is 13.2 Å². The van der Waals surface area contributed by atoms with E-state index in [9.17, 15) is 13.2 Å². The Labute approximate surface area is 148 Å². The second-order valence-electron chi connectivity index (χ2n) is 6.50. The zero-order chi connectivity index (χ0) is 17.9. The average Bonchev–Trinajstić information content (AvgIpc) is 3.00. The van der Waals surface area contributed by atoms with Crippen molar-refractivity contribution in [2.24, 2.45) is 10.3 Å². The first-order valence-electron chi connectivity index (χ1n) is 8.56. The minimum atomic E-state index is -3.72. The van der Waals surface area contributed by atoms with Gasteiger partial charge in [-0.05, 0) is 49.9 Å². The molecular formula is C18H23N3O3S. The van der Waals surface area contributed by atoms with Gasteiger partial charge >= 0.3 is 0 Å². The van der Waals surface area contributed by atoms with Crippen LogP contribution >= 0.6 is 0 Å². The van der Waals surface area contributed by atoms with Gasteiger partial charge in [0.1, 0.15) is 5.84 Å². The third-order valence-corrected chi connectivity index (χ3v) is 5.94. The Morgan fingerprint density at radius 2 is 2.00 bits per heavy atom. The van der Waals surface area contributed by atoms with Crippen LogP contribution in [0.4, 0.5) is 5.69 Å². The van der Waals surface area contributed by atoms with Crippen LogP contribution < -0.4 is 5.32 Å². The van der Waals surface area contributed by atoms with E-state index in [2.05, 4.69) is 15.8 Å². The number of nitrogens with one attached hydrogen (secondary N) is 1. The van der Waals surface area contributed by atoms with Gasteiger partial charge in [-0.25, -0.2) is 0 Å². The number of carbonyl (C=O) groups excluding carboxylic acids is 1. The second kappa shape index (κ2) is 7.39. The fraction of sp³-hybridized carbons (Fsp3) is 0.444. The van der Waals surface area contributed by atoms with Crippen LogP contribution in [0.25, 0.3) is 0 Å². The predicted octanol–water partition coefficient (Wildman–Crippen LogP) is 2.79. The summed E-state index contributed by atoms with van der Waals surface area (Å²) in [5.41, 5.74) is 0.601. The number of sulfonamides is 1. The average molecular weight is 361 g/mol. The summed E-state index contributed by atoms with van der Waals surface area (Å²) in [6.07, 6.45) is 8.24. The fourth-order valence-corrected chi connectivity index (χ4v) is 4.18. The third kappa shape index (κ3) is 4.28. The molecular weight excluding hydrogens is 338 g/mol.